The van der Waals surface area contributed by atoms with Crippen LogP contribution in [0.15, 0.2) is 17.5 Å². The van der Waals surface area contributed by atoms with E-state index in [2.05, 4.69) is 41.7 Å². The monoisotopic (exact) mass is 238 g/mol. The molecule has 0 aliphatic carbocycles. The van der Waals surface area contributed by atoms with Crippen LogP contribution in [0.1, 0.15) is 37.1 Å². The minimum Gasteiger partial charge on any atom is -0.313 e. The lowest BCUT2D eigenvalue weighted by Gasteiger charge is -2.31. The van der Waals surface area contributed by atoms with Crippen molar-refractivity contribution in [3.8, 4) is 0 Å². The fraction of sp³-hybridized carbons (Fsp3) is 0.692. The van der Waals surface area contributed by atoms with E-state index in [1.165, 1.54) is 37.2 Å². The molecular weight excluding hydrogens is 216 g/mol. The molecule has 1 aliphatic rings. The topological polar surface area (TPSA) is 15.3 Å². The van der Waals surface area contributed by atoms with Gasteiger partial charge in [0.15, 0.2) is 0 Å². The number of thiophene rings is 1. The largest absolute Gasteiger partial charge is 0.313 e. The predicted molar refractivity (Wildman–Crippen MR) is 71.0 cm³/mol. The van der Waals surface area contributed by atoms with E-state index >= 15 is 0 Å². The second-order valence-electron chi connectivity index (χ2n) is 4.78. The fourth-order valence-corrected chi connectivity index (χ4v) is 3.18. The molecule has 2 rings (SSSR count). The molecule has 1 N–H and O–H groups in total. The van der Waals surface area contributed by atoms with Crippen molar-refractivity contribution in [3.63, 3.8) is 0 Å². The third-order valence-corrected chi connectivity index (χ3v) is 4.58. The molecule has 2 atom stereocenters. The van der Waals surface area contributed by atoms with Crippen molar-refractivity contribution in [1.82, 2.24) is 10.2 Å². The van der Waals surface area contributed by atoms with E-state index in [0.717, 1.165) is 0 Å². The lowest BCUT2D eigenvalue weighted by molar-refractivity contribution is 0.217. The molecule has 2 nitrogen and oxygen atoms in total. The van der Waals surface area contributed by atoms with E-state index in [1.807, 2.05) is 11.3 Å². The third-order valence-electron chi connectivity index (χ3n) is 3.54. The standard InChI is InChI=1S/C13H22N2S/c1-11(13-7-5-9-16-13)15(2)10-12-6-3-4-8-14-12/h5,7,9,11-12,14H,3-4,6,8,10H2,1-2H3/t11-,12+/m0/s1. The number of rotatable bonds is 4. The summed E-state index contributed by atoms with van der Waals surface area (Å²) in [5, 5.41) is 5.78. The number of nitrogens with one attached hydrogen (secondary N) is 1. The summed E-state index contributed by atoms with van der Waals surface area (Å²) in [6, 6.07) is 5.62. The Hall–Kier alpha value is -0.380. The second kappa shape index (κ2) is 5.80. The Kier molecular flexibility index (Phi) is 4.38. The summed E-state index contributed by atoms with van der Waals surface area (Å²) in [4.78, 5) is 3.94. The summed E-state index contributed by atoms with van der Waals surface area (Å²) in [6.45, 7) is 4.67. The molecule has 1 aromatic rings. The minimum absolute atomic E-state index is 0.545. The van der Waals surface area contributed by atoms with Crippen LogP contribution in [0.4, 0.5) is 0 Å². The molecule has 1 aliphatic heterocycles. The Morgan fingerprint density at radius 2 is 2.44 bits per heavy atom. The van der Waals surface area contributed by atoms with Gasteiger partial charge in [0.1, 0.15) is 0 Å². The summed E-state index contributed by atoms with van der Waals surface area (Å²) in [5.41, 5.74) is 0. The Balaban J connectivity index is 1.84. The van der Waals surface area contributed by atoms with Gasteiger partial charge in [0.2, 0.25) is 0 Å². The molecule has 1 fully saturated rings. The van der Waals surface area contributed by atoms with E-state index in [-0.39, 0.29) is 0 Å². The molecule has 1 saturated heterocycles. The normalized spacial score (nSPS) is 23.6. The average Bonchev–Trinajstić information content (AvgIpc) is 2.83. The van der Waals surface area contributed by atoms with E-state index in [1.54, 1.807) is 0 Å². The van der Waals surface area contributed by atoms with Gasteiger partial charge in [-0.1, -0.05) is 12.5 Å². The highest BCUT2D eigenvalue weighted by atomic mass is 32.1. The number of nitrogens with zero attached hydrogens (tertiary/aromatic N) is 1. The van der Waals surface area contributed by atoms with Gasteiger partial charge in [-0.25, -0.2) is 0 Å². The SMILES string of the molecule is C[C@@H](c1cccs1)N(C)C[C@H]1CCCCN1. The predicted octanol–water partition coefficient (Wildman–Crippen LogP) is 2.88. The summed E-state index contributed by atoms with van der Waals surface area (Å²) in [5.74, 6) is 0. The first-order chi connectivity index (χ1) is 7.77. The van der Waals surface area contributed by atoms with Crippen LogP contribution in [0.5, 0.6) is 0 Å². The highest BCUT2D eigenvalue weighted by Crippen LogP contribution is 2.24. The van der Waals surface area contributed by atoms with Gasteiger partial charge in [0.05, 0.1) is 0 Å². The zero-order valence-electron chi connectivity index (χ0n) is 10.3. The molecule has 0 amide bonds. The Morgan fingerprint density at radius 3 is 3.06 bits per heavy atom. The molecule has 0 aromatic carbocycles. The van der Waals surface area contributed by atoms with Gasteiger partial charge in [-0.3, -0.25) is 4.90 Å². The quantitative estimate of drug-likeness (QED) is 0.867. The Labute approximate surface area is 103 Å². The van der Waals surface area contributed by atoms with E-state index < -0.39 is 0 Å². The van der Waals surface area contributed by atoms with Crippen molar-refractivity contribution in [2.75, 3.05) is 20.1 Å². The van der Waals surface area contributed by atoms with Gasteiger partial charge < -0.3 is 5.32 Å². The molecule has 3 heteroatoms. The summed E-state index contributed by atoms with van der Waals surface area (Å²) < 4.78 is 0. The molecule has 0 saturated carbocycles. The van der Waals surface area contributed by atoms with E-state index in [4.69, 9.17) is 0 Å². The van der Waals surface area contributed by atoms with Crippen molar-refractivity contribution < 1.29 is 0 Å². The highest BCUT2D eigenvalue weighted by Gasteiger charge is 2.18. The fourth-order valence-electron chi connectivity index (χ4n) is 2.33. The van der Waals surface area contributed by atoms with Gasteiger partial charge in [0, 0.05) is 23.5 Å². The zero-order chi connectivity index (χ0) is 11.4. The molecule has 90 valence electrons. The summed E-state index contributed by atoms with van der Waals surface area (Å²) >= 11 is 1.86. The molecule has 0 radical (unpaired) electrons. The van der Waals surface area contributed by atoms with Crippen molar-refractivity contribution in [2.45, 2.75) is 38.3 Å². The van der Waals surface area contributed by atoms with Gasteiger partial charge in [0.25, 0.3) is 0 Å². The molecule has 0 unspecified atom stereocenters. The molecule has 0 spiro atoms. The van der Waals surface area contributed by atoms with Crippen LogP contribution in [-0.4, -0.2) is 31.1 Å². The lowest BCUT2D eigenvalue weighted by Crippen LogP contribution is -2.42. The minimum atomic E-state index is 0.545. The van der Waals surface area contributed by atoms with Crippen molar-refractivity contribution in [1.29, 1.82) is 0 Å². The number of likely N-dealkylation sites (N-methyl/N-ethyl adjacent to an activating group) is 1. The van der Waals surface area contributed by atoms with Crippen LogP contribution in [0.2, 0.25) is 0 Å². The van der Waals surface area contributed by atoms with Gasteiger partial charge in [-0.2, -0.15) is 0 Å². The lowest BCUT2D eigenvalue weighted by atomic mass is 10.0. The molecule has 1 aromatic heterocycles. The first-order valence-electron chi connectivity index (χ1n) is 6.24. The van der Waals surface area contributed by atoms with Crippen LogP contribution in [0.3, 0.4) is 0 Å². The average molecular weight is 238 g/mol. The third kappa shape index (κ3) is 3.06. The second-order valence-corrected chi connectivity index (χ2v) is 5.76. The Bertz CT molecular complexity index is 291. The molecular formula is C13H22N2S. The van der Waals surface area contributed by atoms with Crippen LogP contribution < -0.4 is 5.32 Å². The van der Waals surface area contributed by atoms with Crippen molar-refractivity contribution in [3.05, 3.63) is 22.4 Å². The maximum atomic E-state index is 3.61. The highest BCUT2D eigenvalue weighted by molar-refractivity contribution is 7.10. The van der Waals surface area contributed by atoms with Crippen LogP contribution in [-0.2, 0) is 0 Å². The summed E-state index contributed by atoms with van der Waals surface area (Å²) in [7, 11) is 2.24. The van der Waals surface area contributed by atoms with Crippen molar-refractivity contribution in [2.24, 2.45) is 0 Å². The van der Waals surface area contributed by atoms with Crippen LogP contribution in [0.25, 0.3) is 0 Å². The van der Waals surface area contributed by atoms with Gasteiger partial charge >= 0.3 is 0 Å². The van der Waals surface area contributed by atoms with Gasteiger partial charge in [-0.15, -0.1) is 11.3 Å². The van der Waals surface area contributed by atoms with Gasteiger partial charge in [-0.05, 0) is 44.8 Å². The maximum absolute atomic E-state index is 3.61. The van der Waals surface area contributed by atoms with Crippen molar-refractivity contribution >= 4 is 11.3 Å². The Morgan fingerprint density at radius 1 is 1.56 bits per heavy atom. The zero-order valence-corrected chi connectivity index (χ0v) is 11.1. The smallest absolute Gasteiger partial charge is 0.0410 e. The number of hydrogen-bond acceptors (Lipinski definition) is 3. The maximum Gasteiger partial charge on any atom is 0.0410 e. The van der Waals surface area contributed by atoms with Crippen LogP contribution >= 0.6 is 11.3 Å². The molecule has 16 heavy (non-hydrogen) atoms. The summed E-state index contributed by atoms with van der Waals surface area (Å²) in [6.07, 6.45) is 4.07. The van der Waals surface area contributed by atoms with Crippen LogP contribution in [0, 0.1) is 0 Å². The first kappa shape index (κ1) is 12.1. The molecule has 2 heterocycles. The first-order valence-corrected chi connectivity index (χ1v) is 7.12. The number of hydrogen-bond donors (Lipinski definition) is 1. The van der Waals surface area contributed by atoms with E-state index in [0.29, 0.717) is 12.1 Å². The van der Waals surface area contributed by atoms with E-state index in [9.17, 15) is 0 Å². The molecule has 0 bridgehead atoms. The number of piperidine rings is 1.